The molecule has 0 fully saturated rings. The van der Waals surface area contributed by atoms with Crippen LogP contribution in [0.25, 0.3) is 11.3 Å². The summed E-state index contributed by atoms with van der Waals surface area (Å²) in [6, 6.07) is 11.4. The number of hydrogen-bond donors (Lipinski definition) is 1. The predicted octanol–water partition coefficient (Wildman–Crippen LogP) is 6.70. The largest absolute Gasteiger partial charge is 0.416 e. The number of rotatable bonds is 11. The van der Waals surface area contributed by atoms with Gasteiger partial charge >= 0.3 is 13.8 Å². The molecule has 35 heavy (non-hydrogen) atoms. The summed E-state index contributed by atoms with van der Waals surface area (Å²) in [5.74, 6) is 0.0653. The molecule has 1 amide bonds. The Morgan fingerprint density at radius 2 is 1.66 bits per heavy atom. The summed E-state index contributed by atoms with van der Waals surface area (Å²) in [4.78, 5) is 12.4. The number of hydrogen-bond acceptors (Lipinski definition) is 6. The van der Waals surface area contributed by atoms with Gasteiger partial charge in [0.1, 0.15) is 0 Å². The molecule has 0 saturated heterocycles. The standard InChI is InChI=1S/C24H26F3N2O5P/c1-3-32-35(31,33-4-2)16-17-5-12-21(13-6-17)29-22(30)14-9-19-15-28-34-23(19)18-7-10-20(11-8-18)24(25,26)27/h5-8,10-13,15H,3-4,9,14,16H2,1-2H3,(H,29,30). The van der Waals surface area contributed by atoms with Gasteiger partial charge in [0, 0.05) is 23.2 Å². The van der Waals surface area contributed by atoms with Crippen molar-refractivity contribution in [2.24, 2.45) is 0 Å². The minimum Gasteiger partial charge on any atom is -0.356 e. The lowest BCUT2D eigenvalue weighted by Crippen LogP contribution is -2.12. The number of carbonyl (C=O) groups excluding carboxylic acids is 1. The van der Waals surface area contributed by atoms with Gasteiger partial charge in [-0.3, -0.25) is 9.36 Å². The molecule has 188 valence electrons. The molecular weight excluding hydrogens is 484 g/mol. The van der Waals surface area contributed by atoms with Gasteiger partial charge in [0.05, 0.1) is 31.1 Å². The molecule has 1 heterocycles. The van der Waals surface area contributed by atoms with Crippen molar-refractivity contribution in [2.45, 2.75) is 39.0 Å². The smallest absolute Gasteiger partial charge is 0.356 e. The number of alkyl halides is 3. The summed E-state index contributed by atoms with van der Waals surface area (Å²) in [7, 11) is -3.22. The first-order chi connectivity index (χ1) is 16.6. The van der Waals surface area contributed by atoms with E-state index in [9.17, 15) is 22.5 Å². The number of benzene rings is 2. The minimum absolute atomic E-state index is 0.112. The molecule has 0 saturated carbocycles. The van der Waals surface area contributed by atoms with Crippen molar-refractivity contribution < 1.29 is 36.1 Å². The molecule has 7 nitrogen and oxygen atoms in total. The van der Waals surface area contributed by atoms with Crippen molar-refractivity contribution in [3.63, 3.8) is 0 Å². The van der Waals surface area contributed by atoms with Gasteiger partial charge in [-0.1, -0.05) is 29.4 Å². The van der Waals surface area contributed by atoms with Crippen LogP contribution >= 0.6 is 7.60 Å². The summed E-state index contributed by atoms with van der Waals surface area (Å²) in [5, 5.41) is 6.51. The molecule has 0 unspecified atom stereocenters. The molecule has 0 aliphatic rings. The maximum absolute atomic E-state index is 12.8. The van der Waals surface area contributed by atoms with Crippen LogP contribution < -0.4 is 5.32 Å². The number of carbonyl (C=O) groups is 1. The van der Waals surface area contributed by atoms with Crippen molar-refractivity contribution in [1.82, 2.24) is 5.16 Å². The van der Waals surface area contributed by atoms with Crippen LogP contribution in [0.1, 0.15) is 37.0 Å². The first kappa shape index (κ1) is 26.7. The lowest BCUT2D eigenvalue weighted by molar-refractivity contribution is -0.137. The van der Waals surface area contributed by atoms with Gasteiger partial charge in [-0.2, -0.15) is 13.2 Å². The zero-order valence-corrected chi connectivity index (χ0v) is 20.2. The molecule has 0 aliphatic carbocycles. The van der Waals surface area contributed by atoms with Crippen LogP contribution in [0.3, 0.4) is 0 Å². The third kappa shape index (κ3) is 7.52. The normalized spacial score (nSPS) is 12.0. The Kier molecular flexibility index (Phi) is 8.88. The molecule has 0 aliphatic heterocycles. The molecule has 0 atom stereocenters. The van der Waals surface area contributed by atoms with E-state index in [2.05, 4.69) is 10.5 Å². The molecule has 11 heteroatoms. The third-order valence-electron chi connectivity index (χ3n) is 5.01. The molecule has 0 bridgehead atoms. The van der Waals surface area contributed by atoms with Crippen molar-refractivity contribution in [2.75, 3.05) is 18.5 Å². The van der Waals surface area contributed by atoms with Crippen molar-refractivity contribution in [3.05, 3.63) is 71.4 Å². The fourth-order valence-electron chi connectivity index (χ4n) is 3.40. The van der Waals surface area contributed by atoms with Crippen LogP contribution in [0, 0.1) is 0 Å². The Labute approximate surface area is 201 Å². The van der Waals surface area contributed by atoms with Gasteiger partial charge in [-0.25, -0.2) is 0 Å². The number of amides is 1. The van der Waals surface area contributed by atoms with E-state index in [0.717, 1.165) is 17.7 Å². The zero-order chi connectivity index (χ0) is 25.5. The summed E-state index contributed by atoms with van der Waals surface area (Å²) in [6.45, 7) is 4.04. The fourth-order valence-corrected chi connectivity index (χ4v) is 5.10. The van der Waals surface area contributed by atoms with E-state index in [4.69, 9.17) is 13.6 Å². The highest BCUT2D eigenvalue weighted by molar-refractivity contribution is 7.53. The minimum atomic E-state index is -4.43. The van der Waals surface area contributed by atoms with E-state index in [1.807, 2.05) is 0 Å². The highest BCUT2D eigenvalue weighted by Gasteiger charge is 2.30. The van der Waals surface area contributed by atoms with Gasteiger partial charge in [-0.05, 0) is 50.1 Å². The highest BCUT2D eigenvalue weighted by atomic mass is 31.2. The van der Waals surface area contributed by atoms with E-state index in [-0.39, 0.29) is 38.1 Å². The topological polar surface area (TPSA) is 90.7 Å². The number of nitrogens with zero attached hydrogens (tertiary/aromatic N) is 1. The van der Waals surface area contributed by atoms with Crippen LogP contribution in [-0.2, 0) is 37.2 Å². The zero-order valence-electron chi connectivity index (χ0n) is 19.3. The summed E-state index contributed by atoms with van der Waals surface area (Å²) < 4.78 is 66.8. The summed E-state index contributed by atoms with van der Waals surface area (Å²) in [5.41, 5.74) is 1.61. The van der Waals surface area contributed by atoms with Crippen LogP contribution in [0.5, 0.6) is 0 Å². The van der Waals surface area contributed by atoms with Gasteiger partial charge in [-0.15, -0.1) is 0 Å². The maximum atomic E-state index is 12.8. The average molecular weight is 510 g/mol. The Morgan fingerprint density at radius 1 is 1.03 bits per heavy atom. The van der Waals surface area contributed by atoms with Crippen molar-refractivity contribution >= 4 is 19.2 Å². The van der Waals surface area contributed by atoms with E-state index in [0.29, 0.717) is 22.6 Å². The molecule has 0 spiro atoms. The van der Waals surface area contributed by atoms with Crippen molar-refractivity contribution in [3.8, 4) is 11.3 Å². The van der Waals surface area contributed by atoms with Crippen LogP contribution in [0.15, 0.2) is 59.3 Å². The van der Waals surface area contributed by atoms with E-state index < -0.39 is 19.3 Å². The molecule has 1 aromatic heterocycles. The van der Waals surface area contributed by atoms with Gasteiger partial charge in [0.2, 0.25) is 5.91 Å². The average Bonchev–Trinajstić information content (AvgIpc) is 3.27. The number of aryl methyl sites for hydroxylation is 1. The van der Waals surface area contributed by atoms with Gasteiger partial charge in [0.15, 0.2) is 5.76 Å². The summed E-state index contributed by atoms with van der Waals surface area (Å²) in [6.07, 6.45) is -2.45. The SMILES string of the molecule is CCOP(=O)(Cc1ccc(NC(=O)CCc2cnoc2-c2ccc(C(F)(F)F)cc2)cc1)OCC. The number of aromatic nitrogens is 1. The Hall–Kier alpha value is -2.94. The second-order valence-electron chi connectivity index (χ2n) is 7.60. The lowest BCUT2D eigenvalue weighted by Gasteiger charge is -2.17. The molecule has 1 N–H and O–H groups in total. The van der Waals surface area contributed by atoms with Crippen molar-refractivity contribution in [1.29, 1.82) is 0 Å². The second-order valence-corrected chi connectivity index (χ2v) is 9.66. The summed E-state index contributed by atoms with van der Waals surface area (Å²) >= 11 is 0. The quantitative estimate of drug-likeness (QED) is 0.289. The van der Waals surface area contributed by atoms with E-state index in [1.165, 1.54) is 18.3 Å². The van der Waals surface area contributed by atoms with E-state index in [1.54, 1.807) is 38.1 Å². The highest BCUT2D eigenvalue weighted by Crippen LogP contribution is 2.51. The van der Waals surface area contributed by atoms with Crippen LogP contribution in [0.4, 0.5) is 18.9 Å². The molecule has 2 aromatic carbocycles. The van der Waals surface area contributed by atoms with Gasteiger partial charge < -0.3 is 18.9 Å². The monoisotopic (exact) mass is 510 g/mol. The Balaban J connectivity index is 1.57. The molecular formula is C24H26F3N2O5P. The second kappa shape index (κ2) is 11.7. The number of anilines is 1. The van der Waals surface area contributed by atoms with Gasteiger partial charge in [0.25, 0.3) is 0 Å². The maximum Gasteiger partial charge on any atom is 0.416 e. The first-order valence-corrected chi connectivity index (χ1v) is 12.7. The Bertz CT molecular complexity index is 1150. The van der Waals surface area contributed by atoms with Crippen LogP contribution in [-0.4, -0.2) is 24.3 Å². The predicted molar refractivity (Wildman–Crippen MR) is 125 cm³/mol. The number of halogens is 3. The molecule has 3 aromatic rings. The fraction of sp³-hybridized carbons (Fsp3) is 0.333. The lowest BCUT2D eigenvalue weighted by atomic mass is 10.0. The third-order valence-corrected chi connectivity index (χ3v) is 7.06. The first-order valence-electron chi connectivity index (χ1n) is 11.0. The van der Waals surface area contributed by atoms with E-state index >= 15 is 0 Å². The molecule has 3 rings (SSSR count). The molecule has 0 radical (unpaired) electrons. The number of nitrogens with one attached hydrogen (secondary N) is 1. The van der Waals surface area contributed by atoms with Crippen LogP contribution in [0.2, 0.25) is 0 Å². The Morgan fingerprint density at radius 3 is 2.23 bits per heavy atom.